The molecule has 1 aromatic carbocycles. The topological polar surface area (TPSA) is 102 Å². The number of urea groups is 1. The number of anilines is 3. The van der Waals surface area contributed by atoms with Crippen molar-refractivity contribution in [2.24, 2.45) is 0 Å². The van der Waals surface area contributed by atoms with Gasteiger partial charge in [-0.1, -0.05) is 12.1 Å². The number of carbonyl (C=O) groups is 1. The van der Waals surface area contributed by atoms with Crippen LogP contribution in [0, 0.1) is 0 Å². The van der Waals surface area contributed by atoms with Crippen molar-refractivity contribution in [3.8, 4) is 17.1 Å². The minimum Gasteiger partial charge on any atom is -0.489 e. The number of rotatable bonds is 5. The molecule has 1 N–H and O–H groups in total. The number of hydrogen-bond donors (Lipinski definition) is 1. The third-order valence-electron chi connectivity index (χ3n) is 7.22. The average Bonchev–Trinajstić information content (AvgIpc) is 3.30. The minimum atomic E-state index is -4.50. The second-order valence-electron chi connectivity index (χ2n) is 10.7. The third-order valence-corrected chi connectivity index (χ3v) is 7.22. The van der Waals surface area contributed by atoms with Gasteiger partial charge in [0.1, 0.15) is 18.5 Å². The number of alkyl halides is 3. The van der Waals surface area contributed by atoms with E-state index in [9.17, 15) is 18.0 Å². The van der Waals surface area contributed by atoms with Crippen molar-refractivity contribution in [1.82, 2.24) is 15.0 Å². The number of carbonyl (C=O) groups excluding carboxylic acids is 1. The number of halogens is 3. The fourth-order valence-electron chi connectivity index (χ4n) is 5.34. The van der Waals surface area contributed by atoms with Gasteiger partial charge in [-0.25, -0.2) is 14.8 Å². The van der Waals surface area contributed by atoms with Crippen LogP contribution in [-0.2, 0) is 15.7 Å². The second-order valence-corrected chi connectivity index (χ2v) is 10.7. The molecule has 2 bridgehead atoms. The number of piperidine rings is 1. The molecule has 3 aromatic rings. The van der Waals surface area contributed by atoms with Crippen LogP contribution in [0.4, 0.5) is 35.2 Å². The normalized spacial score (nSPS) is 21.4. The first-order chi connectivity index (χ1) is 19.6. The van der Waals surface area contributed by atoms with E-state index in [0.717, 1.165) is 31.5 Å². The van der Waals surface area contributed by atoms with E-state index < -0.39 is 23.6 Å². The Balaban J connectivity index is 1.24. The molecule has 2 fully saturated rings. The molecular weight excluding hydrogens is 541 g/mol. The molecule has 41 heavy (non-hydrogen) atoms. The van der Waals surface area contributed by atoms with E-state index in [1.54, 1.807) is 23.4 Å². The van der Waals surface area contributed by atoms with E-state index in [4.69, 9.17) is 14.2 Å². The molecule has 13 heteroatoms. The quantitative estimate of drug-likeness (QED) is 0.452. The predicted octanol–water partition coefficient (Wildman–Crippen LogP) is 5.11. The summed E-state index contributed by atoms with van der Waals surface area (Å²) in [6.45, 7) is 5.73. The highest BCUT2D eigenvalue weighted by molar-refractivity contribution is 6.04. The van der Waals surface area contributed by atoms with Gasteiger partial charge in [0.25, 0.3) is 0 Å². The number of hydrogen-bond acceptors (Lipinski definition) is 8. The van der Waals surface area contributed by atoms with Gasteiger partial charge in [0.05, 0.1) is 48.2 Å². The van der Waals surface area contributed by atoms with Gasteiger partial charge in [-0.3, -0.25) is 9.88 Å². The van der Waals surface area contributed by atoms with Gasteiger partial charge in [0, 0.05) is 24.7 Å². The molecule has 10 nitrogen and oxygen atoms in total. The van der Waals surface area contributed by atoms with E-state index in [1.807, 2.05) is 13.8 Å². The second kappa shape index (κ2) is 10.5. The van der Waals surface area contributed by atoms with Crippen molar-refractivity contribution in [3.63, 3.8) is 0 Å². The van der Waals surface area contributed by atoms with Crippen molar-refractivity contribution in [1.29, 1.82) is 0 Å². The fourth-order valence-corrected chi connectivity index (χ4v) is 5.34. The molecule has 3 aliphatic heterocycles. The number of nitrogens with one attached hydrogen (secondary N) is 1. The molecule has 3 aliphatic rings. The number of amides is 2. The van der Waals surface area contributed by atoms with Gasteiger partial charge in [0.2, 0.25) is 0 Å². The predicted molar refractivity (Wildman–Crippen MR) is 144 cm³/mol. The number of ether oxygens (including phenoxy) is 3. The molecule has 2 amide bonds. The first kappa shape index (κ1) is 27.2. The number of nitrogens with zero attached hydrogens (tertiary/aromatic N) is 5. The summed E-state index contributed by atoms with van der Waals surface area (Å²) in [6, 6.07) is 5.91. The first-order valence-corrected chi connectivity index (χ1v) is 13.4. The molecule has 2 aromatic heterocycles. The maximum absolute atomic E-state index is 13.7. The summed E-state index contributed by atoms with van der Waals surface area (Å²) in [5.41, 5.74) is 0.492. The lowest BCUT2D eigenvalue weighted by molar-refractivity contribution is -0.141. The molecule has 5 heterocycles. The average molecular weight is 571 g/mol. The lowest BCUT2D eigenvalue weighted by Crippen LogP contribution is -2.56. The molecule has 2 atom stereocenters. The summed E-state index contributed by atoms with van der Waals surface area (Å²) in [6.07, 6.45) is 1.53. The molecule has 0 aliphatic carbocycles. The smallest absolute Gasteiger partial charge is 0.416 e. The van der Waals surface area contributed by atoms with Crippen molar-refractivity contribution in [3.05, 3.63) is 54.5 Å². The lowest BCUT2D eigenvalue weighted by Gasteiger charge is -2.45. The van der Waals surface area contributed by atoms with Gasteiger partial charge in [-0.15, -0.1) is 0 Å². The van der Waals surface area contributed by atoms with Gasteiger partial charge in [-0.05, 0) is 38.8 Å². The van der Waals surface area contributed by atoms with E-state index in [2.05, 4.69) is 25.2 Å². The Bertz CT molecular complexity index is 1450. The number of fused-ring (bicyclic) bond motifs is 4. The minimum absolute atomic E-state index is 0.104. The highest BCUT2D eigenvalue weighted by atomic mass is 19.4. The van der Waals surface area contributed by atoms with Crippen LogP contribution < -0.4 is 19.9 Å². The van der Waals surface area contributed by atoms with E-state index >= 15 is 0 Å². The first-order valence-electron chi connectivity index (χ1n) is 13.4. The maximum Gasteiger partial charge on any atom is 0.416 e. The summed E-state index contributed by atoms with van der Waals surface area (Å²) in [7, 11) is 0. The summed E-state index contributed by atoms with van der Waals surface area (Å²) >= 11 is 0. The van der Waals surface area contributed by atoms with Crippen molar-refractivity contribution in [2.45, 2.75) is 50.8 Å². The standard InChI is InChI=1S/C28H29F3N6O4/c1-27(2)40-16-22(41-27)15-39-21-10-19(11-32-12-21)34-26(38)37-20-7-4-8-36(14-20)23-13-33-24(35-25(23)37)17-5-3-6-18(9-17)28(29,30)31/h3,5-6,9-13,20,22H,4,7-8,14-16H2,1-2H3,(H,34,38)/t20?,22-/m1/s1. The van der Waals surface area contributed by atoms with E-state index in [-0.39, 0.29) is 30.1 Å². The molecule has 0 radical (unpaired) electrons. The van der Waals surface area contributed by atoms with Crippen molar-refractivity contribution in [2.75, 3.05) is 41.4 Å². The number of aromatic nitrogens is 3. The van der Waals surface area contributed by atoms with E-state index in [0.29, 0.717) is 36.1 Å². The van der Waals surface area contributed by atoms with Gasteiger partial charge < -0.3 is 24.4 Å². The SMILES string of the molecule is CC1(C)OC[C@@H](COc2cncc(NC(=O)N3c4nc(-c5cccc(C(F)(F)F)c5)ncc4N4CCCC3C4)c2)O1. The molecule has 2 saturated heterocycles. The Morgan fingerprint density at radius 3 is 2.85 bits per heavy atom. The summed E-state index contributed by atoms with van der Waals surface area (Å²) in [4.78, 5) is 30.5. The highest BCUT2D eigenvalue weighted by Gasteiger charge is 2.39. The van der Waals surface area contributed by atoms with E-state index in [1.165, 1.54) is 18.3 Å². The zero-order valence-corrected chi connectivity index (χ0v) is 22.5. The molecule has 0 saturated carbocycles. The van der Waals surface area contributed by atoms with Crippen molar-refractivity contribution >= 4 is 23.2 Å². The Labute approximate surface area is 234 Å². The van der Waals surface area contributed by atoms with Crippen LogP contribution in [-0.4, -0.2) is 65.2 Å². The lowest BCUT2D eigenvalue weighted by atomic mass is 10.0. The summed E-state index contributed by atoms with van der Waals surface area (Å²) in [5.74, 6) is 0.245. The van der Waals surface area contributed by atoms with Crippen molar-refractivity contribution < 1.29 is 32.2 Å². The Kier molecular flexibility index (Phi) is 6.94. The third kappa shape index (κ3) is 5.77. The Hall–Kier alpha value is -3.97. The molecular formula is C28H29F3N6O4. The summed E-state index contributed by atoms with van der Waals surface area (Å²) in [5, 5.41) is 2.89. The molecule has 6 rings (SSSR count). The Morgan fingerprint density at radius 2 is 2.07 bits per heavy atom. The zero-order chi connectivity index (χ0) is 28.8. The van der Waals surface area contributed by atoms with Crippen LogP contribution in [0.15, 0.2) is 48.9 Å². The van der Waals surface area contributed by atoms with Crippen LogP contribution in [0.25, 0.3) is 11.4 Å². The number of benzene rings is 1. The van der Waals surface area contributed by atoms with Gasteiger partial charge >= 0.3 is 12.2 Å². The van der Waals surface area contributed by atoms with Crippen LogP contribution in [0.5, 0.6) is 5.75 Å². The highest BCUT2D eigenvalue weighted by Crippen LogP contribution is 2.39. The molecule has 1 unspecified atom stereocenters. The zero-order valence-electron chi connectivity index (χ0n) is 22.5. The van der Waals surface area contributed by atoms with Crippen LogP contribution in [0.2, 0.25) is 0 Å². The van der Waals surface area contributed by atoms with Gasteiger partial charge in [0.15, 0.2) is 17.4 Å². The fraction of sp³-hybridized carbons (Fsp3) is 0.429. The molecule has 0 spiro atoms. The number of pyridine rings is 1. The Morgan fingerprint density at radius 1 is 1.22 bits per heavy atom. The monoisotopic (exact) mass is 570 g/mol. The van der Waals surface area contributed by atoms with Gasteiger partial charge in [-0.2, -0.15) is 13.2 Å². The van der Waals surface area contributed by atoms with Crippen LogP contribution >= 0.6 is 0 Å². The van der Waals surface area contributed by atoms with Crippen LogP contribution in [0.1, 0.15) is 32.3 Å². The maximum atomic E-state index is 13.7. The van der Waals surface area contributed by atoms with Crippen LogP contribution in [0.3, 0.4) is 0 Å². The molecule has 216 valence electrons. The summed E-state index contributed by atoms with van der Waals surface area (Å²) < 4.78 is 57.2. The largest absolute Gasteiger partial charge is 0.489 e.